The zero-order chi connectivity index (χ0) is 13.7. The number of esters is 2. The molecule has 104 valence electrons. The summed E-state index contributed by atoms with van der Waals surface area (Å²) in [6.07, 6.45) is 0.199. The fraction of sp³-hybridized carbons (Fsp3) is 0.846. The summed E-state index contributed by atoms with van der Waals surface area (Å²) >= 11 is 0. The predicted octanol–water partition coefficient (Wildman–Crippen LogP) is 1.54. The van der Waals surface area contributed by atoms with Gasteiger partial charge in [0.2, 0.25) is 0 Å². The first-order valence-corrected chi connectivity index (χ1v) is 6.38. The highest BCUT2D eigenvalue weighted by molar-refractivity contribution is 5.72. The summed E-state index contributed by atoms with van der Waals surface area (Å²) in [5.74, 6) is -0.728. The second kappa shape index (κ2) is 6.73. The smallest absolute Gasteiger partial charge is 0.308 e. The van der Waals surface area contributed by atoms with Gasteiger partial charge >= 0.3 is 11.9 Å². The minimum atomic E-state index is -0.235. The zero-order valence-electron chi connectivity index (χ0n) is 11.5. The van der Waals surface area contributed by atoms with Crippen molar-refractivity contribution in [3.8, 4) is 0 Å². The Kier molecular flexibility index (Phi) is 5.59. The van der Waals surface area contributed by atoms with Gasteiger partial charge in [0, 0.05) is 6.42 Å². The van der Waals surface area contributed by atoms with Crippen LogP contribution in [0.3, 0.4) is 0 Å². The van der Waals surface area contributed by atoms with E-state index in [4.69, 9.17) is 14.2 Å². The molecule has 0 unspecified atom stereocenters. The molecule has 1 aliphatic rings. The van der Waals surface area contributed by atoms with Crippen LogP contribution in [-0.4, -0.2) is 37.4 Å². The summed E-state index contributed by atoms with van der Waals surface area (Å²) < 4.78 is 15.8. The van der Waals surface area contributed by atoms with Gasteiger partial charge in [-0.05, 0) is 0 Å². The Morgan fingerprint density at radius 2 is 1.78 bits per heavy atom. The Bertz CT molecular complexity index is 298. The van der Waals surface area contributed by atoms with E-state index in [1.165, 1.54) is 0 Å². The van der Waals surface area contributed by atoms with Crippen LogP contribution < -0.4 is 0 Å². The lowest BCUT2D eigenvalue weighted by molar-refractivity contribution is -0.152. The molecule has 0 bridgehead atoms. The van der Waals surface area contributed by atoms with Gasteiger partial charge in [-0.3, -0.25) is 9.59 Å². The van der Waals surface area contributed by atoms with E-state index in [0.717, 1.165) is 0 Å². The number of carbonyl (C=O) groups excluding carboxylic acids is 2. The standard InChI is InChI=1S/C13H22O5/c1-8(2)12(14)17-6-10-5-11(7-16-10)18-13(15)9(3)4/h8-11H,5-7H2,1-4H3/t10-,11-/m0/s1. The molecule has 1 heterocycles. The molecule has 1 saturated heterocycles. The van der Waals surface area contributed by atoms with E-state index >= 15 is 0 Å². The highest BCUT2D eigenvalue weighted by Gasteiger charge is 2.30. The van der Waals surface area contributed by atoms with E-state index in [1.807, 2.05) is 0 Å². The molecular formula is C13H22O5. The van der Waals surface area contributed by atoms with Gasteiger partial charge in [0.1, 0.15) is 12.7 Å². The molecular weight excluding hydrogens is 236 g/mol. The Hall–Kier alpha value is -1.10. The van der Waals surface area contributed by atoms with Gasteiger partial charge < -0.3 is 14.2 Å². The molecule has 0 spiro atoms. The molecule has 0 radical (unpaired) electrons. The maximum atomic E-state index is 11.4. The van der Waals surface area contributed by atoms with Crippen LogP contribution in [0.5, 0.6) is 0 Å². The monoisotopic (exact) mass is 258 g/mol. The largest absolute Gasteiger partial charge is 0.463 e. The average Bonchev–Trinajstić information content (AvgIpc) is 2.73. The Balaban J connectivity index is 2.25. The van der Waals surface area contributed by atoms with Crippen LogP contribution in [-0.2, 0) is 23.8 Å². The van der Waals surface area contributed by atoms with E-state index < -0.39 is 0 Å². The zero-order valence-corrected chi connectivity index (χ0v) is 11.5. The number of hydrogen-bond donors (Lipinski definition) is 0. The second-order valence-corrected chi connectivity index (χ2v) is 5.19. The second-order valence-electron chi connectivity index (χ2n) is 5.19. The van der Waals surface area contributed by atoms with Crippen molar-refractivity contribution in [2.24, 2.45) is 11.8 Å². The summed E-state index contributed by atoms with van der Waals surface area (Å²) in [5, 5.41) is 0. The van der Waals surface area contributed by atoms with Crippen LogP contribution in [0.4, 0.5) is 0 Å². The lowest BCUT2D eigenvalue weighted by Gasteiger charge is -2.13. The van der Waals surface area contributed by atoms with Crippen LogP contribution in [0.2, 0.25) is 0 Å². The SMILES string of the molecule is CC(C)C(=O)OC[C@@H]1C[C@H](OC(=O)C(C)C)CO1. The van der Waals surface area contributed by atoms with Crippen molar-refractivity contribution < 1.29 is 23.8 Å². The third-order valence-corrected chi connectivity index (χ3v) is 2.68. The van der Waals surface area contributed by atoms with E-state index in [-0.39, 0.29) is 42.6 Å². The summed E-state index contributed by atoms with van der Waals surface area (Å²) in [5.41, 5.74) is 0. The molecule has 0 aromatic heterocycles. The summed E-state index contributed by atoms with van der Waals surface area (Å²) in [6, 6.07) is 0. The molecule has 2 atom stereocenters. The first kappa shape index (κ1) is 15.0. The van der Waals surface area contributed by atoms with E-state index in [2.05, 4.69) is 0 Å². The first-order chi connectivity index (χ1) is 8.40. The van der Waals surface area contributed by atoms with Gasteiger partial charge in [-0.2, -0.15) is 0 Å². The summed E-state index contributed by atoms with van der Waals surface area (Å²) in [7, 11) is 0. The summed E-state index contributed by atoms with van der Waals surface area (Å²) in [4.78, 5) is 22.7. The van der Waals surface area contributed by atoms with Gasteiger partial charge in [0.15, 0.2) is 0 Å². The van der Waals surface area contributed by atoms with Crippen LogP contribution in [0.25, 0.3) is 0 Å². The van der Waals surface area contributed by atoms with E-state index in [0.29, 0.717) is 13.0 Å². The van der Waals surface area contributed by atoms with Gasteiger partial charge in [0.05, 0.1) is 24.5 Å². The maximum Gasteiger partial charge on any atom is 0.308 e. The van der Waals surface area contributed by atoms with Gasteiger partial charge in [-0.25, -0.2) is 0 Å². The van der Waals surface area contributed by atoms with E-state index in [1.54, 1.807) is 27.7 Å². The molecule has 18 heavy (non-hydrogen) atoms. The molecule has 0 aromatic carbocycles. The molecule has 0 aromatic rings. The van der Waals surface area contributed by atoms with Crippen molar-refractivity contribution in [3.63, 3.8) is 0 Å². The molecule has 1 aliphatic heterocycles. The van der Waals surface area contributed by atoms with Crippen molar-refractivity contribution in [2.45, 2.75) is 46.3 Å². The predicted molar refractivity (Wildman–Crippen MR) is 64.9 cm³/mol. The van der Waals surface area contributed by atoms with Crippen molar-refractivity contribution in [1.29, 1.82) is 0 Å². The first-order valence-electron chi connectivity index (χ1n) is 6.38. The number of rotatable bonds is 5. The minimum Gasteiger partial charge on any atom is -0.463 e. The Morgan fingerprint density at radius 1 is 1.17 bits per heavy atom. The molecule has 5 heteroatoms. The van der Waals surface area contributed by atoms with Crippen molar-refractivity contribution in [1.82, 2.24) is 0 Å². The lowest BCUT2D eigenvalue weighted by atomic mass is 10.2. The maximum absolute atomic E-state index is 11.4. The summed E-state index contributed by atoms with van der Waals surface area (Å²) in [6.45, 7) is 7.76. The van der Waals surface area contributed by atoms with Crippen molar-refractivity contribution >= 4 is 11.9 Å². The van der Waals surface area contributed by atoms with Gasteiger partial charge in [0.25, 0.3) is 0 Å². The molecule has 0 aliphatic carbocycles. The molecule has 0 amide bonds. The molecule has 5 nitrogen and oxygen atoms in total. The van der Waals surface area contributed by atoms with Gasteiger partial charge in [-0.1, -0.05) is 27.7 Å². The Morgan fingerprint density at radius 3 is 2.33 bits per heavy atom. The Labute approximate surface area is 108 Å². The molecule has 0 saturated carbocycles. The van der Waals surface area contributed by atoms with E-state index in [9.17, 15) is 9.59 Å². The lowest BCUT2D eigenvalue weighted by Crippen LogP contribution is -2.23. The molecule has 0 N–H and O–H groups in total. The third-order valence-electron chi connectivity index (χ3n) is 2.68. The van der Waals surface area contributed by atoms with Crippen molar-refractivity contribution in [2.75, 3.05) is 13.2 Å². The third kappa shape index (κ3) is 4.64. The number of hydrogen-bond acceptors (Lipinski definition) is 5. The fourth-order valence-electron chi connectivity index (χ4n) is 1.51. The van der Waals surface area contributed by atoms with Crippen molar-refractivity contribution in [3.05, 3.63) is 0 Å². The average molecular weight is 258 g/mol. The van der Waals surface area contributed by atoms with Gasteiger partial charge in [-0.15, -0.1) is 0 Å². The molecule has 1 fully saturated rings. The van der Waals surface area contributed by atoms with Crippen LogP contribution in [0.15, 0.2) is 0 Å². The number of carbonyl (C=O) groups is 2. The van der Waals surface area contributed by atoms with Crippen LogP contribution in [0, 0.1) is 11.8 Å². The highest BCUT2D eigenvalue weighted by Crippen LogP contribution is 2.18. The molecule has 1 rings (SSSR count). The fourth-order valence-corrected chi connectivity index (χ4v) is 1.51. The topological polar surface area (TPSA) is 61.8 Å². The minimum absolute atomic E-state index is 0.136. The normalized spacial score (nSPS) is 23.4. The quantitative estimate of drug-likeness (QED) is 0.700. The van der Waals surface area contributed by atoms with Crippen LogP contribution >= 0.6 is 0 Å². The van der Waals surface area contributed by atoms with Crippen LogP contribution in [0.1, 0.15) is 34.1 Å². The highest BCUT2D eigenvalue weighted by atomic mass is 16.6. The number of ether oxygens (including phenoxy) is 3.